The minimum Gasteiger partial charge on any atom is -0.353 e. The Balaban J connectivity index is 1.60. The zero-order valence-corrected chi connectivity index (χ0v) is 12.0. The molecule has 4 aliphatic carbocycles. The summed E-state index contributed by atoms with van der Waals surface area (Å²) in [6.07, 6.45) is 14.9. The summed E-state index contributed by atoms with van der Waals surface area (Å²) in [5.41, 5.74) is 0.342. The van der Waals surface area contributed by atoms with Crippen molar-refractivity contribution >= 4 is 5.91 Å². The molecule has 0 aromatic rings. The van der Waals surface area contributed by atoms with E-state index in [1.807, 2.05) is 6.92 Å². The molecule has 0 aliphatic heterocycles. The van der Waals surface area contributed by atoms with Crippen molar-refractivity contribution in [3.8, 4) is 12.3 Å². The number of carbonyl (C=O) groups excluding carboxylic acids is 1. The molecular formula is C17H25NO. The van der Waals surface area contributed by atoms with Crippen LogP contribution in [-0.4, -0.2) is 11.9 Å². The number of hydrogen-bond donors (Lipinski definition) is 1. The third-order valence-corrected chi connectivity index (χ3v) is 5.53. The van der Waals surface area contributed by atoms with Gasteiger partial charge in [0.1, 0.15) is 0 Å². The van der Waals surface area contributed by atoms with Gasteiger partial charge in [0.05, 0.1) is 0 Å². The Kier molecular flexibility index (Phi) is 3.33. The van der Waals surface area contributed by atoms with Crippen molar-refractivity contribution in [2.24, 2.45) is 23.2 Å². The quantitative estimate of drug-likeness (QED) is 0.772. The molecule has 0 aromatic heterocycles. The molecule has 4 aliphatic rings. The van der Waals surface area contributed by atoms with Crippen LogP contribution in [0.15, 0.2) is 0 Å². The number of terminal acetylenes is 1. The summed E-state index contributed by atoms with van der Waals surface area (Å²) in [7, 11) is 0. The van der Waals surface area contributed by atoms with Gasteiger partial charge in [0, 0.05) is 18.9 Å². The van der Waals surface area contributed by atoms with Crippen LogP contribution in [0.1, 0.15) is 58.3 Å². The van der Waals surface area contributed by atoms with Crippen LogP contribution >= 0.6 is 0 Å². The predicted octanol–water partition coefficient (Wildman–Crippen LogP) is 3.12. The fourth-order valence-electron chi connectivity index (χ4n) is 5.40. The van der Waals surface area contributed by atoms with Crippen molar-refractivity contribution in [2.45, 2.75) is 64.3 Å². The minimum absolute atomic E-state index is 0.117. The molecule has 4 bridgehead atoms. The van der Waals surface area contributed by atoms with Gasteiger partial charge in [-0.3, -0.25) is 4.79 Å². The van der Waals surface area contributed by atoms with Crippen molar-refractivity contribution in [1.29, 1.82) is 0 Å². The topological polar surface area (TPSA) is 29.1 Å². The Morgan fingerprint density at radius 2 is 1.79 bits per heavy atom. The van der Waals surface area contributed by atoms with Crippen LogP contribution in [0.5, 0.6) is 0 Å². The summed E-state index contributed by atoms with van der Waals surface area (Å²) in [5, 5.41) is 3.07. The van der Waals surface area contributed by atoms with E-state index in [2.05, 4.69) is 11.2 Å². The lowest BCUT2D eigenvalue weighted by Gasteiger charge is -2.56. The van der Waals surface area contributed by atoms with E-state index in [9.17, 15) is 4.79 Å². The summed E-state index contributed by atoms with van der Waals surface area (Å²) in [6.45, 7) is 2.00. The highest BCUT2D eigenvalue weighted by Crippen LogP contribution is 2.61. The highest BCUT2D eigenvalue weighted by Gasteiger charge is 2.51. The van der Waals surface area contributed by atoms with E-state index in [1.165, 1.54) is 38.5 Å². The van der Waals surface area contributed by atoms with Gasteiger partial charge in [0.2, 0.25) is 5.91 Å². The van der Waals surface area contributed by atoms with Gasteiger partial charge >= 0.3 is 0 Å². The number of hydrogen-bond acceptors (Lipinski definition) is 1. The average molecular weight is 259 g/mol. The fourth-order valence-corrected chi connectivity index (χ4v) is 5.40. The molecule has 1 unspecified atom stereocenters. The molecule has 0 saturated heterocycles. The van der Waals surface area contributed by atoms with Crippen LogP contribution in [0.25, 0.3) is 0 Å². The lowest BCUT2D eigenvalue weighted by molar-refractivity contribution is -0.129. The summed E-state index contributed by atoms with van der Waals surface area (Å²) < 4.78 is 0. The molecular weight excluding hydrogens is 234 g/mol. The molecule has 19 heavy (non-hydrogen) atoms. The van der Waals surface area contributed by atoms with E-state index in [0.717, 1.165) is 24.2 Å². The third kappa shape index (κ3) is 2.66. The van der Waals surface area contributed by atoms with Gasteiger partial charge in [0.25, 0.3) is 0 Å². The summed E-state index contributed by atoms with van der Waals surface area (Å²) in [5.74, 6) is 5.60. The van der Waals surface area contributed by atoms with Crippen LogP contribution in [-0.2, 0) is 4.79 Å². The van der Waals surface area contributed by atoms with Crippen LogP contribution < -0.4 is 5.32 Å². The summed E-state index contributed by atoms with van der Waals surface area (Å²) >= 11 is 0. The van der Waals surface area contributed by atoms with Gasteiger partial charge < -0.3 is 5.32 Å². The van der Waals surface area contributed by atoms with Crippen LogP contribution in [0.4, 0.5) is 0 Å². The molecule has 1 N–H and O–H groups in total. The van der Waals surface area contributed by atoms with E-state index in [0.29, 0.717) is 11.8 Å². The second kappa shape index (κ2) is 4.85. The molecule has 0 aromatic carbocycles. The SMILES string of the molecule is C#CCC(C)NC(=O)CC12CC3CC(CC(C3)C1)C2. The first-order valence-corrected chi connectivity index (χ1v) is 7.81. The Morgan fingerprint density at radius 3 is 2.26 bits per heavy atom. The third-order valence-electron chi connectivity index (χ3n) is 5.53. The maximum absolute atomic E-state index is 12.2. The zero-order valence-electron chi connectivity index (χ0n) is 12.0. The first-order chi connectivity index (χ1) is 9.08. The predicted molar refractivity (Wildman–Crippen MR) is 76.3 cm³/mol. The van der Waals surface area contributed by atoms with Crippen molar-refractivity contribution in [2.75, 3.05) is 0 Å². The maximum atomic E-state index is 12.2. The Hall–Kier alpha value is -0.970. The van der Waals surface area contributed by atoms with Crippen LogP contribution in [0.3, 0.4) is 0 Å². The Morgan fingerprint density at radius 1 is 1.26 bits per heavy atom. The van der Waals surface area contributed by atoms with Gasteiger partial charge in [-0.1, -0.05) is 0 Å². The highest BCUT2D eigenvalue weighted by molar-refractivity contribution is 5.77. The van der Waals surface area contributed by atoms with Crippen LogP contribution in [0.2, 0.25) is 0 Å². The van der Waals surface area contributed by atoms with Gasteiger partial charge in [0.15, 0.2) is 0 Å². The van der Waals surface area contributed by atoms with Gasteiger partial charge in [-0.25, -0.2) is 0 Å². The molecule has 4 rings (SSSR count). The zero-order chi connectivity index (χ0) is 13.5. The first-order valence-electron chi connectivity index (χ1n) is 7.81. The highest BCUT2D eigenvalue weighted by atomic mass is 16.1. The molecule has 2 heteroatoms. The van der Waals surface area contributed by atoms with Gasteiger partial charge in [-0.2, -0.15) is 0 Å². The van der Waals surface area contributed by atoms with Gasteiger partial charge in [-0.15, -0.1) is 12.3 Å². The molecule has 2 nitrogen and oxygen atoms in total. The van der Waals surface area contributed by atoms with Crippen molar-refractivity contribution in [3.05, 3.63) is 0 Å². The van der Waals surface area contributed by atoms with E-state index in [1.54, 1.807) is 0 Å². The molecule has 0 heterocycles. The smallest absolute Gasteiger partial charge is 0.220 e. The standard InChI is InChI=1S/C17H25NO/c1-3-4-12(2)18-16(19)11-17-8-13-5-14(9-17)7-15(6-13)10-17/h1,12-15H,4-11H2,2H3,(H,18,19). The molecule has 1 amide bonds. The Labute approximate surface area is 116 Å². The van der Waals surface area contributed by atoms with Gasteiger partial charge in [-0.05, 0) is 68.6 Å². The lowest BCUT2D eigenvalue weighted by Crippen LogP contribution is -2.48. The molecule has 104 valence electrons. The Bertz CT molecular complexity index is 371. The minimum atomic E-state index is 0.117. The number of rotatable bonds is 4. The normalized spacial score (nSPS) is 40.7. The first kappa shape index (κ1) is 13.0. The molecule has 4 saturated carbocycles. The maximum Gasteiger partial charge on any atom is 0.220 e. The van der Waals surface area contributed by atoms with Crippen molar-refractivity contribution < 1.29 is 4.79 Å². The van der Waals surface area contributed by atoms with Crippen molar-refractivity contribution in [1.82, 2.24) is 5.32 Å². The fraction of sp³-hybridized carbons (Fsp3) is 0.824. The molecule has 4 fully saturated rings. The number of nitrogens with one attached hydrogen (secondary N) is 1. The van der Waals surface area contributed by atoms with E-state index in [4.69, 9.17) is 6.42 Å². The van der Waals surface area contributed by atoms with E-state index < -0.39 is 0 Å². The van der Waals surface area contributed by atoms with Crippen molar-refractivity contribution in [3.63, 3.8) is 0 Å². The van der Waals surface area contributed by atoms with Crippen LogP contribution in [0, 0.1) is 35.5 Å². The monoisotopic (exact) mass is 259 g/mol. The summed E-state index contributed by atoms with van der Waals surface area (Å²) in [4.78, 5) is 12.2. The number of amides is 1. The van der Waals surface area contributed by atoms with E-state index >= 15 is 0 Å². The molecule has 0 radical (unpaired) electrons. The molecule has 0 spiro atoms. The second-order valence-corrected chi connectivity index (χ2v) is 7.47. The second-order valence-electron chi connectivity index (χ2n) is 7.47. The lowest BCUT2D eigenvalue weighted by atomic mass is 9.49. The summed E-state index contributed by atoms with van der Waals surface area (Å²) in [6, 6.07) is 0.117. The molecule has 1 atom stereocenters. The average Bonchev–Trinajstić information content (AvgIpc) is 2.25. The largest absolute Gasteiger partial charge is 0.353 e. The number of carbonyl (C=O) groups is 1. The van der Waals surface area contributed by atoms with E-state index in [-0.39, 0.29) is 11.9 Å².